The lowest BCUT2D eigenvalue weighted by atomic mass is 10.1. The highest BCUT2D eigenvalue weighted by Crippen LogP contribution is 2.24. The van der Waals surface area contributed by atoms with Crippen LogP contribution in [0.25, 0.3) is 0 Å². The molecule has 2 rings (SSSR count). The largest absolute Gasteiger partial charge is 0.476 e. The van der Waals surface area contributed by atoms with E-state index in [1.165, 1.54) is 6.42 Å². The van der Waals surface area contributed by atoms with Crippen LogP contribution in [0.3, 0.4) is 0 Å². The van der Waals surface area contributed by atoms with Crippen LogP contribution in [0.15, 0.2) is 12.1 Å². The molecule has 1 aromatic rings. The Morgan fingerprint density at radius 1 is 1.35 bits per heavy atom. The standard InChI is InChI=1S/C15H25N3O2/c1-2-10-20-15-11(16)8-9-14(18-15)17-12-6-4-3-5-7-13(12)19/h8-9,12-13,19H,2-7,10,16H2,1H3,(H,17,18). The number of aromatic nitrogens is 1. The van der Waals surface area contributed by atoms with E-state index in [2.05, 4.69) is 10.3 Å². The van der Waals surface area contributed by atoms with E-state index in [4.69, 9.17) is 10.5 Å². The number of ether oxygens (including phenoxy) is 1. The summed E-state index contributed by atoms with van der Waals surface area (Å²) in [7, 11) is 0. The van der Waals surface area contributed by atoms with Crippen molar-refractivity contribution in [3.63, 3.8) is 0 Å². The number of anilines is 2. The third-order valence-corrected chi connectivity index (χ3v) is 3.65. The Bertz CT molecular complexity index is 426. The fraction of sp³-hybridized carbons (Fsp3) is 0.667. The molecule has 0 spiro atoms. The summed E-state index contributed by atoms with van der Waals surface area (Å²) in [6.07, 6.45) is 5.86. The molecule has 0 aromatic carbocycles. The van der Waals surface area contributed by atoms with Crippen LogP contribution in [-0.2, 0) is 0 Å². The first-order valence-electron chi connectivity index (χ1n) is 7.54. The molecule has 2 atom stereocenters. The maximum Gasteiger partial charge on any atom is 0.239 e. The highest BCUT2D eigenvalue weighted by molar-refractivity contribution is 5.53. The number of pyridine rings is 1. The van der Waals surface area contributed by atoms with E-state index in [0.29, 0.717) is 18.2 Å². The summed E-state index contributed by atoms with van der Waals surface area (Å²) in [5.74, 6) is 1.19. The van der Waals surface area contributed by atoms with Crippen molar-refractivity contribution in [3.8, 4) is 5.88 Å². The first-order chi connectivity index (χ1) is 9.70. The summed E-state index contributed by atoms with van der Waals surface area (Å²) in [5.41, 5.74) is 6.40. The van der Waals surface area contributed by atoms with Crippen LogP contribution >= 0.6 is 0 Å². The Balaban J connectivity index is 2.04. The predicted molar refractivity (Wildman–Crippen MR) is 80.9 cm³/mol. The van der Waals surface area contributed by atoms with Gasteiger partial charge < -0.3 is 20.9 Å². The molecule has 0 bridgehead atoms. The van der Waals surface area contributed by atoms with Gasteiger partial charge in [-0.25, -0.2) is 0 Å². The number of hydrogen-bond donors (Lipinski definition) is 3. The van der Waals surface area contributed by atoms with Crippen LogP contribution in [0.4, 0.5) is 11.5 Å². The van der Waals surface area contributed by atoms with Crippen molar-refractivity contribution >= 4 is 11.5 Å². The Hall–Kier alpha value is -1.49. The van der Waals surface area contributed by atoms with Gasteiger partial charge in [0.2, 0.25) is 5.88 Å². The van der Waals surface area contributed by atoms with Gasteiger partial charge in [0, 0.05) is 0 Å². The van der Waals surface area contributed by atoms with E-state index >= 15 is 0 Å². The van der Waals surface area contributed by atoms with Crippen molar-refractivity contribution in [2.45, 2.75) is 57.6 Å². The summed E-state index contributed by atoms with van der Waals surface area (Å²) < 4.78 is 5.53. The average Bonchev–Trinajstić information content (AvgIpc) is 2.65. The minimum Gasteiger partial charge on any atom is -0.476 e. The van der Waals surface area contributed by atoms with Gasteiger partial charge in [-0.3, -0.25) is 0 Å². The number of hydrogen-bond acceptors (Lipinski definition) is 5. The smallest absolute Gasteiger partial charge is 0.239 e. The van der Waals surface area contributed by atoms with Crippen LogP contribution in [0.1, 0.15) is 45.4 Å². The van der Waals surface area contributed by atoms with Crippen molar-refractivity contribution < 1.29 is 9.84 Å². The highest BCUT2D eigenvalue weighted by Gasteiger charge is 2.21. The molecule has 1 aromatic heterocycles. The van der Waals surface area contributed by atoms with E-state index in [0.717, 1.165) is 37.9 Å². The Labute approximate surface area is 120 Å². The van der Waals surface area contributed by atoms with E-state index < -0.39 is 0 Å². The van der Waals surface area contributed by atoms with Gasteiger partial charge in [0.05, 0.1) is 24.4 Å². The lowest BCUT2D eigenvalue weighted by molar-refractivity contribution is 0.144. The predicted octanol–water partition coefficient (Wildman–Crippen LogP) is 2.56. The van der Waals surface area contributed by atoms with Gasteiger partial charge in [-0.1, -0.05) is 26.2 Å². The number of nitrogens with one attached hydrogen (secondary N) is 1. The van der Waals surface area contributed by atoms with Gasteiger partial charge in [0.1, 0.15) is 5.82 Å². The molecule has 0 saturated heterocycles. The molecule has 1 aliphatic carbocycles. The van der Waals surface area contributed by atoms with Crippen molar-refractivity contribution in [2.24, 2.45) is 0 Å². The third kappa shape index (κ3) is 4.00. The molecule has 1 saturated carbocycles. The number of nitrogens with zero attached hydrogens (tertiary/aromatic N) is 1. The zero-order valence-corrected chi connectivity index (χ0v) is 12.1. The number of aliphatic hydroxyl groups excluding tert-OH is 1. The fourth-order valence-electron chi connectivity index (χ4n) is 2.49. The molecule has 1 fully saturated rings. The molecule has 4 N–H and O–H groups in total. The molecule has 1 aliphatic rings. The second-order valence-corrected chi connectivity index (χ2v) is 5.40. The van der Waals surface area contributed by atoms with Crippen LogP contribution < -0.4 is 15.8 Å². The van der Waals surface area contributed by atoms with E-state index in [1.54, 1.807) is 6.07 Å². The third-order valence-electron chi connectivity index (χ3n) is 3.65. The van der Waals surface area contributed by atoms with Crippen LogP contribution in [0.5, 0.6) is 5.88 Å². The van der Waals surface area contributed by atoms with Crippen LogP contribution in [0, 0.1) is 0 Å². The van der Waals surface area contributed by atoms with E-state index in [-0.39, 0.29) is 12.1 Å². The maximum absolute atomic E-state index is 10.1. The van der Waals surface area contributed by atoms with E-state index in [9.17, 15) is 5.11 Å². The first-order valence-corrected chi connectivity index (χ1v) is 7.54. The second kappa shape index (κ2) is 7.33. The first kappa shape index (κ1) is 14.9. The Kier molecular flexibility index (Phi) is 5.47. The lowest BCUT2D eigenvalue weighted by Gasteiger charge is -2.22. The van der Waals surface area contributed by atoms with Gasteiger partial charge in [-0.15, -0.1) is 0 Å². The van der Waals surface area contributed by atoms with Crippen molar-refractivity contribution in [3.05, 3.63) is 12.1 Å². The van der Waals surface area contributed by atoms with Crippen LogP contribution in [-0.4, -0.2) is 28.8 Å². The molecule has 1 heterocycles. The quantitative estimate of drug-likeness (QED) is 0.722. The maximum atomic E-state index is 10.1. The van der Waals surface area contributed by atoms with Gasteiger partial charge >= 0.3 is 0 Å². The molecule has 0 radical (unpaired) electrons. The average molecular weight is 279 g/mol. The lowest BCUT2D eigenvalue weighted by Crippen LogP contribution is -2.32. The molecule has 20 heavy (non-hydrogen) atoms. The van der Waals surface area contributed by atoms with E-state index in [1.807, 2.05) is 13.0 Å². The number of rotatable bonds is 5. The summed E-state index contributed by atoms with van der Waals surface area (Å²) in [6.45, 7) is 2.65. The second-order valence-electron chi connectivity index (χ2n) is 5.40. The fourth-order valence-corrected chi connectivity index (χ4v) is 2.49. The molecule has 2 unspecified atom stereocenters. The highest BCUT2D eigenvalue weighted by atomic mass is 16.5. The molecule has 112 valence electrons. The normalized spacial score (nSPS) is 23.1. The zero-order chi connectivity index (χ0) is 14.4. The molecular weight excluding hydrogens is 254 g/mol. The minimum absolute atomic E-state index is 0.0626. The SMILES string of the molecule is CCCOc1nc(NC2CCCCCC2O)ccc1N. The molecular formula is C15H25N3O2. The Morgan fingerprint density at radius 3 is 2.95 bits per heavy atom. The van der Waals surface area contributed by atoms with Gasteiger partial charge in [0.25, 0.3) is 0 Å². The number of nitrogen functional groups attached to an aromatic ring is 1. The molecule has 0 amide bonds. The molecule has 0 aliphatic heterocycles. The molecule has 5 nitrogen and oxygen atoms in total. The van der Waals surface area contributed by atoms with Crippen LogP contribution in [0.2, 0.25) is 0 Å². The van der Waals surface area contributed by atoms with Gasteiger partial charge in [-0.2, -0.15) is 4.98 Å². The summed E-state index contributed by atoms with van der Waals surface area (Å²) in [6, 6.07) is 3.70. The molecule has 5 heteroatoms. The topological polar surface area (TPSA) is 80.4 Å². The number of nitrogens with two attached hydrogens (primary N) is 1. The monoisotopic (exact) mass is 279 g/mol. The van der Waals surface area contributed by atoms with Crippen molar-refractivity contribution in [1.29, 1.82) is 0 Å². The summed E-state index contributed by atoms with van der Waals surface area (Å²) in [5, 5.41) is 13.4. The summed E-state index contributed by atoms with van der Waals surface area (Å²) >= 11 is 0. The minimum atomic E-state index is -0.308. The Morgan fingerprint density at radius 2 is 2.15 bits per heavy atom. The zero-order valence-electron chi connectivity index (χ0n) is 12.1. The number of aliphatic hydroxyl groups is 1. The van der Waals surface area contributed by atoms with Crippen molar-refractivity contribution in [1.82, 2.24) is 4.98 Å². The van der Waals surface area contributed by atoms with Gasteiger partial charge in [-0.05, 0) is 31.4 Å². The van der Waals surface area contributed by atoms with Crippen molar-refractivity contribution in [2.75, 3.05) is 17.7 Å². The summed E-state index contributed by atoms with van der Waals surface area (Å²) in [4.78, 5) is 4.40. The van der Waals surface area contributed by atoms with Gasteiger partial charge in [0.15, 0.2) is 0 Å².